The lowest BCUT2D eigenvalue weighted by molar-refractivity contribution is -0.143. The highest BCUT2D eigenvalue weighted by atomic mass is 16.4. The van der Waals surface area contributed by atoms with Crippen LogP contribution in [0.1, 0.15) is 38.3 Å². The molecule has 5 unspecified atom stereocenters. The minimum Gasteiger partial charge on any atom is -0.480 e. The molecule has 2 aromatic carbocycles. The highest BCUT2D eigenvalue weighted by Crippen LogP contribution is 2.09. The van der Waals surface area contributed by atoms with Crippen molar-refractivity contribution in [3.05, 3.63) is 71.8 Å². The molecule has 5 atom stereocenters. The summed E-state index contributed by atoms with van der Waals surface area (Å²) < 4.78 is 0. The van der Waals surface area contributed by atoms with Gasteiger partial charge in [0, 0.05) is 6.42 Å². The Morgan fingerprint density at radius 1 is 0.778 bits per heavy atom. The summed E-state index contributed by atoms with van der Waals surface area (Å²) in [4.78, 5) is 50.1. The Bertz CT molecular complexity index is 1020. The predicted molar refractivity (Wildman–Crippen MR) is 137 cm³/mol. The fourth-order valence-electron chi connectivity index (χ4n) is 3.64. The van der Waals surface area contributed by atoms with E-state index >= 15 is 0 Å². The molecule has 0 aliphatic rings. The van der Waals surface area contributed by atoms with Crippen molar-refractivity contribution in [1.82, 2.24) is 16.0 Å². The zero-order chi connectivity index (χ0) is 26.7. The van der Waals surface area contributed by atoms with E-state index in [1.807, 2.05) is 67.6 Å². The van der Waals surface area contributed by atoms with E-state index in [2.05, 4.69) is 16.0 Å². The van der Waals surface area contributed by atoms with Crippen LogP contribution in [0.15, 0.2) is 60.7 Å². The molecule has 0 heterocycles. The number of aliphatic carboxylic acids is 1. The van der Waals surface area contributed by atoms with E-state index < -0.39 is 47.9 Å². The van der Waals surface area contributed by atoms with E-state index in [1.165, 1.54) is 6.92 Å². The second kappa shape index (κ2) is 14.0. The van der Waals surface area contributed by atoms with Crippen LogP contribution in [0, 0.1) is 5.92 Å². The minimum atomic E-state index is -1.14. The number of hydrogen-bond donors (Lipinski definition) is 5. The van der Waals surface area contributed by atoms with Crippen molar-refractivity contribution in [2.24, 2.45) is 11.7 Å². The number of benzene rings is 2. The molecule has 0 fully saturated rings. The lowest BCUT2D eigenvalue weighted by atomic mass is 9.99. The minimum absolute atomic E-state index is 0.190. The lowest BCUT2D eigenvalue weighted by Gasteiger charge is -2.25. The molecule has 0 spiro atoms. The Labute approximate surface area is 211 Å². The van der Waals surface area contributed by atoms with E-state index in [0.717, 1.165) is 11.1 Å². The van der Waals surface area contributed by atoms with Crippen LogP contribution in [-0.4, -0.2) is 53.0 Å². The number of nitrogens with one attached hydrogen (secondary N) is 3. The monoisotopic (exact) mass is 496 g/mol. The summed E-state index contributed by atoms with van der Waals surface area (Å²) >= 11 is 0. The van der Waals surface area contributed by atoms with E-state index in [-0.39, 0.29) is 12.3 Å². The standard InChI is InChI=1S/C27H36N4O5/c1-4-17(2)23(27(35)36)31-24(32)18(3)29-26(34)22(16-20-13-9-6-10-14-20)30-25(33)21(28)15-19-11-7-5-8-12-19/h5-14,17-18,21-23H,4,15-16,28H2,1-3H3,(H,29,34)(H,30,33)(H,31,32)(H,35,36). The maximum absolute atomic E-state index is 13.1. The molecule has 0 aromatic heterocycles. The Morgan fingerprint density at radius 3 is 1.81 bits per heavy atom. The van der Waals surface area contributed by atoms with Crippen molar-refractivity contribution < 1.29 is 24.3 Å². The molecule has 0 aliphatic carbocycles. The van der Waals surface area contributed by atoms with Crippen LogP contribution in [0.3, 0.4) is 0 Å². The van der Waals surface area contributed by atoms with Crippen LogP contribution < -0.4 is 21.7 Å². The lowest BCUT2D eigenvalue weighted by Crippen LogP contribution is -2.57. The molecule has 9 heteroatoms. The topological polar surface area (TPSA) is 151 Å². The van der Waals surface area contributed by atoms with Crippen LogP contribution in [0.2, 0.25) is 0 Å². The predicted octanol–water partition coefficient (Wildman–Crippen LogP) is 1.40. The van der Waals surface area contributed by atoms with Gasteiger partial charge in [-0.05, 0) is 30.4 Å². The summed E-state index contributed by atoms with van der Waals surface area (Å²) in [6.07, 6.45) is 1.05. The van der Waals surface area contributed by atoms with Gasteiger partial charge in [-0.1, -0.05) is 80.9 Å². The number of carboxylic acids is 1. The summed E-state index contributed by atoms with van der Waals surface area (Å²) in [7, 11) is 0. The Morgan fingerprint density at radius 2 is 1.31 bits per heavy atom. The molecule has 36 heavy (non-hydrogen) atoms. The molecule has 3 amide bonds. The van der Waals surface area contributed by atoms with Crippen molar-refractivity contribution in [2.75, 3.05) is 0 Å². The third kappa shape index (κ3) is 8.81. The SMILES string of the molecule is CCC(C)C(NC(=O)C(C)NC(=O)C(Cc1ccccc1)NC(=O)C(N)Cc1ccccc1)C(=O)O. The van der Waals surface area contributed by atoms with Gasteiger partial charge in [0.1, 0.15) is 18.1 Å². The number of rotatable bonds is 13. The highest BCUT2D eigenvalue weighted by Gasteiger charge is 2.30. The largest absolute Gasteiger partial charge is 0.480 e. The highest BCUT2D eigenvalue weighted by molar-refractivity contribution is 5.94. The van der Waals surface area contributed by atoms with Crippen LogP contribution in [0.5, 0.6) is 0 Å². The molecule has 2 aromatic rings. The second-order valence-electron chi connectivity index (χ2n) is 8.99. The molecule has 0 saturated carbocycles. The molecule has 2 rings (SSSR count). The molecule has 0 radical (unpaired) electrons. The summed E-state index contributed by atoms with van der Waals surface area (Å²) in [6.45, 7) is 5.02. The van der Waals surface area contributed by atoms with Gasteiger partial charge in [-0.15, -0.1) is 0 Å². The molecule has 9 nitrogen and oxygen atoms in total. The maximum Gasteiger partial charge on any atom is 0.326 e. The number of nitrogens with two attached hydrogens (primary N) is 1. The quantitative estimate of drug-likeness (QED) is 0.283. The zero-order valence-electron chi connectivity index (χ0n) is 20.9. The number of hydrogen-bond acceptors (Lipinski definition) is 5. The smallest absolute Gasteiger partial charge is 0.326 e. The number of carbonyl (C=O) groups excluding carboxylic acids is 3. The van der Waals surface area contributed by atoms with Crippen molar-refractivity contribution in [3.63, 3.8) is 0 Å². The van der Waals surface area contributed by atoms with Crippen molar-refractivity contribution >= 4 is 23.7 Å². The summed E-state index contributed by atoms with van der Waals surface area (Å²) in [5, 5.41) is 17.2. The third-order valence-corrected chi connectivity index (χ3v) is 6.08. The van der Waals surface area contributed by atoms with E-state index in [4.69, 9.17) is 5.73 Å². The van der Waals surface area contributed by atoms with Gasteiger partial charge in [-0.2, -0.15) is 0 Å². The molecular weight excluding hydrogens is 460 g/mol. The van der Waals surface area contributed by atoms with Gasteiger partial charge in [-0.25, -0.2) is 4.79 Å². The normalized spacial score (nSPS) is 15.0. The van der Waals surface area contributed by atoms with E-state index in [9.17, 15) is 24.3 Å². The maximum atomic E-state index is 13.1. The van der Waals surface area contributed by atoms with Crippen molar-refractivity contribution in [3.8, 4) is 0 Å². The van der Waals surface area contributed by atoms with Crippen molar-refractivity contribution in [2.45, 2.75) is 64.2 Å². The zero-order valence-corrected chi connectivity index (χ0v) is 20.9. The Hall–Kier alpha value is -3.72. The van der Waals surface area contributed by atoms with Gasteiger partial charge in [-0.3, -0.25) is 14.4 Å². The first-order valence-corrected chi connectivity index (χ1v) is 12.1. The molecule has 0 saturated heterocycles. The number of carbonyl (C=O) groups is 4. The van der Waals surface area contributed by atoms with E-state index in [0.29, 0.717) is 12.8 Å². The molecule has 194 valence electrons. The summed E-state index contributed by atoms with van der Waals surface area (Å²) in [5.74, 6) is -3.11. The van der Waals surface area contributed by atoms with Crippen LogP contribution in [0.4, 0.5) is 0 Å². The van der Waals surface area contributed by atoms with E-state index in [1.54, 1.807) is 6.92 Å². The van der Waals surface area contributed by atoms with Crippen LogP contribution in [-0.2, 0) is 32.0 Å². The fraction of sp³-hybridized carbons (Fsp3) is 0.407. The molecular formula is C27H36N4O5. The van der Waals surface area contributed by atoms with Gasteiger partial charge in [0.05, 0.1) is 6.04 Å². The second-order valence-corrected chi connectivity index (χ2v) is 8.99. The summed E-state index contributed by atoms with van der Waals surface area (Å²) in [6, 6.07) is 14.5. The summed E-state index contributed by atoms with van der Waals surface area (Å²) in [5.41, 5.74) is 7.81. The van der Waals surface area contributed by atoms with Gasteiger partial charge in [0.15, 0.2) is 0 Å². The first-order valence-electron chi connectivity index (χ1n) is 12.1. The first-order chi connectivity index (χ1) is 17.1. The average Bonchev–Trinajstić information content (AvgIpc) is 2.87. The van der Waals surface area contributed by atoms with Crippen LogP contribution in [0.25, 0.3) is 0 Å². The van der Waals surface area contributed by atoms with Gasteiger partial charge >= 0.3 is 5.97 Å². The number of amides is 3. The van der Waals surface area contributed by atoms with Gasteiger partial charge in [0.25, 0.3) is 0 Å². The Balaban J connectivity index is 2.09. The van der Waals surface area contributed by atoms with Gasteiger partial charge in [0.2, 0.25) is 17.7 Å². The molecule has 0 aliphatic heterocycles. The Kier molecular flexibility index (Phi) is 11.1. The molecule has 0 bridgehead atoms. The fourth-order valence-corrected chi connectivity index (χ4v) is 3.64. The molecule has 6 N–H and O–H groups in total. The van der Waals surface area contributed by atoms with Gasteiger partial charge < -0.3 is 26.8 Å². The first kappa shape index (κ1) is 28.5. The average molecular weight is 497 g/mol. The van der Waals surface area contributed by atoms with Crippen LogP contribution >= 0.6 is 0 Å². The third-order valence-electron chi connectivity index (χ3n) is 6.08. The van der Waals surface area contributed by atoms with Crippen molar-refractivity contribution in [1.29, 1.82) is 0 Å². The number of carboxylic acid groups (broad SMARTS) is 1.